The molecule has 0 aliphatic rings. The van der Waals surface area contributed by atoms with Gasteiger partial charge >= 0.3 is 5.97 Å². The Balaban J connectivity index is 1.65. The number of hydrogen-bond acceptors (Lipinski definition) is 5. The minimum atomic E-state index is -0.762. The lowest BCUT2D eigenvalue weighted by molar-refractivity contribution is -0.149. The first-order chi connectivity index (χ1) is 12.9. The van der Waals surface area contributed by atoms with Crippen LogP contribution in [0.15, 0.2) is 52.9 Å². The van der Waals surface area contributed by atoms with E-state index in [2.05, 4.69) is 10.3 Å². The molecule has 1 aromatic heterocycles. The van der Waals surface area contributed by atoms with E-state index in [0.717, 1.165) is 5.56 Å². The number of oxazole rings is 1. The van der Waals surface area contributed by atoms with Crippen molar-refractivity contribution < 1.29 is 18.7 Å². The molecule has 0 bridgehead atoms. The number of para-hydroxylation sites is 2. The molecule has 2 aromatic carbocycles. The highest BCUT2D eigenvalue weighted by Gasteiger charge is 2.26. The first kappa shape index (κ1) is 18.6. The number of nitrogens with zero attached hydrogens (tertiary/aromatic N) is 1. The number of rotatable bonds is 6. The fourth-order valence-corrected chi connectivity index (χ4v) is 2.71. The van der Waals surface area contributed by atoms with Crippen molar-refractivity contribution in [1.29, 1.82) is 0 Å². The quantitative estimate of drug-likeness (QED) is 0.674. The number of fused-ring (bicyclic) bond motifs is 1. The van der Waals surface area contributed by atoms with E-state index in [4.69, 9.17) is 9.15 Å². The van der Waals surface area contributed by atoms with Crippen molar-refractivity contribution in [2.45, 2.75) is 33.4 Å². The number of aryl methyl sites for hydroxylation is 1. The van der Waals surface area contributed by atoms with E-state index >= 15 is 0 Å². The van der Waals surface area contributed by atoms with Crippen LogP contribution in [0.3, 0.4) is 0 Å². The van der Waals surface area contributed by atoms with Crippen LogP contribution in [-0.4, -0.2) is 22.9 Å². The minimum absolute atomic E-state index is 0.0863. The summed E-state index contributed by atoms with van der Waals surface area (Å²) in [5.74, 6) is -0.642. The molecule has 0 saturated carbocycles. The van der Waals surface area contributed by atoms with Crippen molar-refractivity contribution >= 4 is 23.0 Å². The molecule has 6 heteroatoms. The maximum absolute atomic E-state index is 12.5. The molecule has 0 spiro atoms. The van der Waals surface area contributed by atoms with Gasteiger partial charge in [0, 0.05) is 5.56 Å². The van der Waals surface area contributed by atoms with Crippen LogP contribution in [0.1, 0.15) is 35.7 Å². The summed E-state index contributed by atoms with van der Waals surface area (Å²) in [4.78, 5) is 29.2. The zero-order valence-electron chi connectivity index (χ0n) is 15.6. The van der Waals surface area contributed by atoms with Crippen molar-refractivity contribution in [3.05, 3.63) is 65.5 Å². The van der Waals surface area contributed by atoms with Crippen LogP contribution in [0.25, 0.3) is 11.1 Å². The average molecular weight is 366 g/mol. The van der Waals surface area contributed by atoms with E-state index in [0.29, 0.717) is 22.6 Å². The molecule has 0 saturated heterocycles. The van der Waals surface area contributed by atoms with Crippen LogP contribution in [0, 0.1) is 12.8 Å². The first-order valence-corrected chi connectivity index (χ1v) is 8.82. The van der Waals surface area contributed by atoms with Crippen LogP contribution in [0.5, 0.6) is 0 Å². The van der Waals surface area contributed by atoms with Gasteiger partial charge in [0.15, 0.2) is 12.2 Å². The van der Waals surface area contributed by atoms with Gasteiger partial charge < -0.3 is 14.5 Å². The molecule has 3 rings (SSSR count). The predicted octanol–water partition coefficient (Wildman–Crippen LogP) is 3.63. The molecule has 1 heterocycles. The first-order valence-electron chi connectivity index (χ1n) is 8.82. The lowest BCUT2D eigenvalue weighted by atomic mass is 10.0. The normalized spacial score (nSPS) is 12.1. The molecule has 3 aromatic rings. The van der Waals surface area contributed by atoms with Gasteiger partial charge in [0.25, 0.3) is 5.91 Å². The van der Waals surface area contributed by atoms with Crippen molar-refractivity contribution in [2.75, 3.05) is 0 Å². The summed E-state index contributed by atoms with van der Waals surface area (Å²) < 4.78 is 10.9. The molecule has 1 atom stereocenters. The zero-order chi connectivity index (χ0) is 19.4. The van der Waals surface area contributed by atoms with E-state index in [1.54, 1.807) is 24.3 Å². The van der Waals surface area contributed by atoms with Crippen molar-refractivity contribution in [1.82, 2.24) is 10.3 Å². The van der Waals surface area contributed by atoms with Gasteiger partial charge in [-0.1, -0.05) is 43.7 Å². The summed E-state index contributed by atoms with van der Waals surface area (Å²) in [6.07, 6.45) is 0. The maximum Gasteiger partial charge on any atom is 0.329 e. The monoisotopic (exact) mass is 366 g/mol. The van der Waals surface area contributed by atoms with Crippen LogP contribution in [0.2, 0.25) is 0 Å². The minimum Gasteiger partial charge on any atom is -0.454 e. The second-order valence-corrected chi connectivity index (χ2v) is 6.75. The van der Waals surface area contributed by atoms with Gasteiger partial charge in [0.1, 0.15) is 11.6 Å². The molecular weight excluding hydrogens is 344 g/mol. The predicted molar refractivity (Wildman–Crippen MR) is 101 cm³/mol. The number of hydrogen-bond donors (Lipinski definition) is 1. The number of aromatic nitrogens is 1. The van der Waals surface area contributed by atoms with Gasteiger partial charge in [0.05, 0.1) is 0 Å². The van der Waals surface area contributed by atoms with Gasteiger partial charge in [-0.3, -0.25) is 4.79 Å². The number of amides is 1. The highest BCUT2D eigenvalue weighted by atomic mass is 16.5. The molecule has 0 radical (unpaired) electrons. The Morgan fingerprint density at radius 1 is 1.15 bits per heavy atom. The van der Waals surface area contributed by atoms with Gasteiger partial charge in [-0.15, -0.1) is 0 Å². The maximum atomic E-state index is 12.5. The van der Waals surface area contributed by atoms with E-state index < -0.39 is 12.0 Å². The summed E-state index contributed by atoms with van der Waals surface area (Å²) in [5, 5.41) is 2.76. The van der Waals surface area contributed by atoms with E-state index in [-0.39, 0.29) is 18.4 Å². The zero-order valence-corrected chi connectivity index (χ0v) is 15.6. The smallest absolute Gasteiger partial charge is 0.329 e. The van der Waals surface area contributed by atoms with Crippen LogP contribution in [-0.2, 0) is 16.1 Å². The van der Waals surface area contributed by atoms with E-state index in [1.165, 1.54) is 0 Å². The number of nitrogens with one attached hydrogen (secondary N) is 1. The molecule has 27 heavy (non-hydrogen) atoms. The average Bonchev–Trinajstić information content (AvgIpc) is 3.06. The Morgan fingerprint density at radius 2 is 1.93 bits per heavy atom. The number of carbonyl (C=O) groups excluding carboxylic acids is 2. The van der Waals surface area contributed by atoms with Crippen molar-refractivity contribution in [2.24, 2.45) is 5.92 Å². The Morgan fingerprint density at radius 3 is 2.63 bits per heavy atom. The number of benzene rings is 2. The summed E-state index contributed by atoms with van der Waals surface area (Å²) in [6.45, 7) is 5.52. The van der Waals surface area contributed by atoms with Crippen molar-refractivity contribution in [3.63, 3.8) is 0 Å². The third-order valence-corrected chi connectivity index (χ3v) is 4.16. The van der Waals surface area contributed by atoms with Gasteiger partial charge in [-0.25, -0.2) is 9.78 Å². The molecule has 1 unspecified atom stereocenters. The lowest BCUT2D eigenvalue weighted by Crippen LogP contribution is -2.45. The molecule has 0 fully saturated rings. The second-order valence-electron chi connectivity index (χ2n) is 6.75. The highest BCUT2D eigenvalue weighted by molar-refractivity contribution is 5.97. The fourth-order valence-electron chi connectivity index (χ4n) is 2.71. The molecule has 0 aliphatic carbocycles. The van der Waals surface area contributed by atoms with Crippen LogP contribution in [0.4, 0.5) is 0 Å². The Bertz CT molecular complexity index is 928. The summed E-state index contributed by atoms with van der Waals surface area (Å²) >= 11 is 0. The van der Waals surface area contributed by atoms with Gasteiger partial charge in [-0.2, -0.15) is 0 Å². The lowest BCUT2D eigenvalue weighted by Gasteiger charge is -2.20. The SMILES string of the molecule is Cc1cccc(C(=O)NC(C(=O)OCc2nc3ccccc3o2)C(C)C)c1. The van der Waals surface area contributed by atoms with Gasteiger partial charge in [-0.05, 0) is 37.1 Å². The summed E-state index contributed by atoms with van der Waals surface area (Å²) in [5.41, 5.74) is 2.82. The topological polar surface area (TPSA) is 81.4 Å². The molecule has 1 amide bonds. The van der Waals surface area contributed by atoms with E-state index in [9.17, 15) is 9.59 Å². The van der Waals surface area contributed by atoms with Crippen molar-refractivity contribution in [3.8, 4) is 0 Å². The molecule has 6 nitrogen and oxygen atoms in total. The summed E-state index contributed by atoms with van der Waals surface area (Å²) in [7, 11) is 0. The Hall–Kier alpha value is -3.15. The molecule has 1 N–H and O–H groups in total. The van der Waals surface area contributed by atoms with Crippen LogP contribution < -0.4 is 5.32 Å². The Labute approximate surface area is 157 Å². The number of carbonyl (C=O) groups is 2. The van der Waals surface area contributed by atoms with Crippen LogP contribution >= 0.6 is 0 Å². The largest absolute Gasteiger partial charge is 0.454 e. The van der Waals surface area contributed by atoms with Gasteiger partial charge in [0.2, 0.25) is 5.89 Å². The molecule has 140 valence electrons. The number of ether oxygens (including phenoxy) is 1. The standard InChI is InChI=1S/C21H22N2O4/c1-13(2)19(23-20(24)15-8-6-7-14(3)11-15)21(25)26-12-18-22-16-9-4-5-10-17(16)27-18/h4-11,13,19H,12H2,1-3H3,(H,23,24). The molecular formula is C21H22N2O4. The van der Waals surface area contributed by atoms with E-state index in [1.807, 2.05) is 45.0 Å². The molecule has 0 aliphatic heterocycles. The number of esters is 1. The second kappa shape index (κ2) is 8.03. The highest BCUT2D eigenvalue weighted by Crippen LogP contribution is 2.16. The third kappa shape index (κ3) is 4.53. The fraction of sp³-hybridized carbons (Fsp3) is 0.286. The third-order valence-electron chi connectivity index (χ3n) is 4.16. The summed E-state index contributed by atoms with van der Waals surface area (Å²) in [6, 6.07) is 13.8. The Kier molecular flexibility index (Phi) is 5.54.